The highest BCUT2D eigenvalue weighted by molar-refractivity contribution is 7.11. The van der Waals surface area contributed by atoms with Crippen LogP contribution in [0.2, 0.25) is 0 Å². The fraction of sp³-hybridized carbons (Fsp3) is 0.500. The fourth-order valence-corrected chi connectivity index (χ4v) is 3.28. The van der Waals surface area contributed by atoms with Crippen molar-refractivity contribution < 1.29 is 4.79 Å². The summed E-state index contributed by atoms with van der Waals surface area (Å²) in [5.74, 6) is 1.08. The molecule has 9 heteroatoms. The van der Waals surface area contributed by atoms with Crippen LogP contribution in [-0.2, 0) is 13.1 Å². The average molecular weight is 305 g/mol. The van der Waals surface area contributed by atoms with E-state index in [1.165, 1.54) is 11.5 Å². The van der Waals surface area contributed by atoms with E-state index in [9.17, 15) is 4.79 Å². The summed E-state index contributed by atoms with van der Waals surface area (Å²) < 4.78 is 6.18. The molecule has 21 heavy (non-hydrogen) atoms. The summed E-state index contributed by atoms with van der Waals surface area (Å²) in [5, 5.41) is 11.8. The van der Waals surface area contributed by atoms with E-state index in [1.54, 1.807) is 6.33 Å². The van der Waals surface area contributed by atoms with Crippen molar-refractivity contribution in [3.8, 4) is 0 Å². The molecule has 3 heterocycles. The highest BCUT2D eigenvalue weighted by atomic mass is 32.1. The Morgan fingerprint density at radius 1 is 1.43 bits per heavy atom. The van der Waals surface area contributed by atoms with Gasteiger partial charge in [-0.1, -0.05) is 0 Å². The van der Waals surface area contributed by atoms with Gasteiger partial charge in [0.25, 0.3) is 5.91 Å². The Balaban J connectivity index is 1.62. The van der Waals surface area contributed by atoms with Crippen LogP contribution >= 0.6 is 11.5 Å². The standard InChI is InChI=1S/C12H15N7OS/c13-10-9(11(20)15-7-1-2-7)12(21-17-10)18-3-4-19-6-14-16-8(19)5-18/h6-7H,1-5H2,(H2,13,17)(H,15,20). The number of aromatic nitrogens is 4. The van der Waals surface area contributed by atoms with Crippen molar-refractivity contribution in [2.24, 2.45) is 0 Å². The Labute approximate surface area is 125 Å². The number of nitrogens with two attached hydrogens (primary N) is 1. The molecule has 0 bridgehead atoms. The minimum atomic E-state index is -0.120. The maximum Gasteiger partial charge on any atom is 0.258 e. The maximum absolute atomic E-state index is 12.4. The van der Waals surface area contributed by atoms with Gasteiger partial charge < -0.3 is 20.5 Å². The second-order valence-electron chi connectivity index (χ2n) is 5.36. The van der Waals surface area contributed by atoms with Crippen LogP contribution in [0.25, 0.3) is 0 Å². The van der Waals surface area contributed by atoms with Crippen molar-refractivity contribution in [1.29, 1.82) is 0 Å². The number of hydrogen-bond donors (Lipinski definition) is 2. The van der Waals surface area contributed by atoms with E-state index in [4.69, 9.17) is 5.73 Å². The number of nitrogens with zero attached hydrogens (tertiary/aromatic N) is 5. The van der Waals surface area contributed by atoms with Crippen LogP contribution in [0.1, 0.15) is 29.0 Å². The molecule has 1 saturated carbocycles. The van der Waals surface area contributed by atoms with Crippen molar-refractivity contribution in [2.45, 2.75) is 32.0 Å². The first-order chi connectivity index (χ1) is 10.2. The van der Waals surface area contributed by atoms with Crippen molar-refractivity contribution in [1.82, 2.24) is 24.5 Å². The van der Waals surface area contributed by atoms with Crippen molar-refractivity contribution >= 4 is 28.3 Å². The van der Waals surface area contributed by atoms with Gasteiger partial charge in [0, 0.05) is 19.1 Å². The van der Waals surface area contributed by atoms with Crippen LogP contribution in [-0.4, -0.2) is 37.6 Å². The van der Waals surface area contributed by atoms with Gasteiger partial charge in [0.2, 0.25) is 0 Å². The molecule has 2 aliphatic rings. The number of anilines is 2. The number of fused-ring (bicyclic) bond motifs is 1. The lowest BCUT2D eigenvalue weighted by molar-refractivity contribution is 0.0952. The highest BCUT2D eigenvalue weighted by Crippen LogP contribution is 2.33. The Morgan fingerprint density at radius 2 is 2.29 bits per heavy atom. The van der Waals surface area contributed by atoms with Gasteiger partial charge in [0.05, 0.1) is 6.54 Å². The molecule has 110 valence electrons. The predicted octanol–water partition coefficient (Wildman–Crippen LogP) is 0.229. The van der Waals surface area contributed by atoms with Crippen LogP contribution in [0.15, 0.2) is 6.33 Å². The SMILES string of the molecule is Nc1nsc(N2CCn3cnnc3C2)c1C(=O)NC1CC1. The smallest absolute Gasteiger partial charge is 0.258 e. The van der Waals surface area contributed by atoms with Crippen molar-refractivity contribution in [3.63, 3.8) is 0 Å². The zero-order chi connectivity index (χ0) is 14.4. The molecule has 2 aromatic heterocycles. The van der Waals surface area contributed by atoms with Gasteiger partial charge in [0.15, 0.2) is 11.6 Å². The minimum absolute atomic E-state index is 0.120. The molecular weight excluding hydrogens is 290 g/mol. The minimum Gasteiger partial charge on any atom is -0.382 e. The number of nitrogens with one attached hydrogen (secondary N) is 1. The van der Waals surface area contributed by atoms with E-state index >= 15 is 0 Å². The first-order valence-electron chi connectivity index (χ1n) is 6.90. The highest BCUT2D eigenvalue weighted by Gasteiger charge is 2.30. The van der Waals surface area contributed by atoms with Gasteiger partial charge in [-0.15, -0.1) is 10.2 Å². The van der Waals surface area contributed by atoms with Crippen LogP contribution in [0.3, 0.4) is 0 Å². The maximum atomic E-state index is 12.4. The lowest BCUT2D eigenvalue weighted by Crippen LogP contribution is -2.35. The van der Waals surface area contributed by atoms with Gasteiger partial charge in [0.1, 0.15) is 16.9 Å². The Bertz CT molecular complexity index is 690. The molecule has 0 radical (unpaired) electrons. The van der Waals surface area contributed by atoms with Gasteiger partial charge in [-0.3, -0.25) is 4.79 Å². The number of hydrogen-bond acceptors (Lipinski definition) is 7. The Morgan fingerprint density at radius 3 is 3.10 bits per heavy atom. The number of carbonyl (C=O) groups is 1. The Kier molecular flexibility index (Phi) is 2.81. The van der Waals surface area contributed by atoms with Gasteiger partial charge in [-0.2, -0.15) is 4.37 Å². The molecule has 8 nitrogen and oxygen atoms in total. The molecule has 1 amide bonds. The molecule has 0 aromatic carbocycles. The topological polar surface area (TPSA) is 102 Å². The third-order valence-corrected chi connectivity index (χ3v) is 4.69. The summed E-state index contributed by atoms with van der Waals surface area (Å²) in [6, 6.07) is 0.300. The zero-order valence-corrected chi connectivity index (χ0v) is 12.1. The molecule has 2 aromatic rings. The quantitative estimate of drug-likeness (QED) is 0.841. The lowest BCUT2D eigenvalue weighted by Gasteiger charge is -2.28. The summed E-state index contributed by atoms with van der Waals surface area (Å²) >= 11 is 1.27. The molecule has 0 atom stereocenters. The van der Waals surface area contributed by atoms with E-state index in [0.29, 0.717) is 24.0 Å². The lowest BCUT2D eigenvalue weighted by atomic mass is 10.2. The van der Waals surface area contributed by atoms with E-state index < -0.39 is 0 Å². The molecule has 3 N–H and O–H groups in total. The normalized spacial score (nSPS) is 17.6. The molecular formula is C12H15N7OS. The van der Waals surface area contributed by atoms with Crippen molar-refractivity contribution in [3.05, 3.63) is 17.7 Å². The second kappa shape index (κ2) is 4.69. The van der Waals surface area contributed by atoms with E-state index in [0.717, 1.165) is 36.8 Å². The molecule has 0 saturated heterocycles. The summed E-state index contributed by atoms with van der Waals surface area (Å²) in [6.45, 7) is 2.20. The molecule has 1 fully saturated rings. The van der Waals surface area contributed by atoms with Crippen LogP contribution in [0, 0.1) is 0 Å². The number of amides is 1. The largest absolute Gasteiger partial charge is 0.382 e. The molecule has 0 spiro atoms. The second-order valence-corrected chi connectivity index (χ2v) is 6.11. The molecule has 0 unspecified atom stereocenters. The van der Waals surface area contributed by atoms with Crippen molar-refractivity contribution in [2.75, 3.05) is 17.2 Å². The predicted molar refractivity (Wildman–Crippen MR) is 78.1 cm³/mol. The number of nitrogen functional groups attached to an aromatic ring is 1. The van der Waals surface area contributed by atoms with Gasteiger partial charge >= 0.3 is 0 Å². The van der Waals surface area contributed by atoms with Gasteiger partial charge in [-0.05, 0) is 24.4 Å². The average Bonchev–Trinajstić information content (AvgIpc) is 3.01. The monoisotopic (exact) mass is 305 g/mol. The third kappa shape index (κ3) is 2.23. The van der Waals surface area contributed by atoms with Crippen LogP contribution in [0.5, 0.6) is 0 Å². The van der Waals surface area contributed by atoms with E-state index in [1.807, 2.05) is 4.57 Å². The van der Waals surface area contributed by atoms with Crippen LogP contribution in [0.4, 0.5) is 10.8 Å². The summed E-state index contributed by atoms with van der Waals surface area (Å²) in [4.78, 5) is 14.4. The number of rotatable bonds is 3. The molecule has 1 aliphatic heterocycles. The summed E-state index contributed by atoms with van der Waals surface area (Å²) in [5.41, 5.74) is 6.40. The fourth-order valence-electron chi connectivity index (χ4n) is 2.45. The number of carbonyl (C=O) groups excluding carboxylic acids is 1. The Hall–Kier alpha value is -2.16. The van der Waals surface area contributed by atoms with E-state index in [2.05, 4.69) is 24.8 Å². The first kappa shape index (κ1) is 12.6. The van der Waals surface area contributed by atoms with Gasteiger partial charge in [-0.25, -0.2) is 0 Å². The summed E-state index contributed by atoms with van der Waals surface area (Å²) in [6.07, 6.45) is 3.82. The first-order valence-corrected chi connectivity index (χ1v) is 7.67. The summed E-state index contributed by atoms with van der Waals surface area (Å²) in [7, 11) is 0. The molecule has 4 rings (SSSR count). The van der Waals surface area contributed by atoms with Crippen LogP contribution < -0.4 is 16.0 Å². The molecule has 1 aliphatic carbocycles. The third-order valence-electron chi connectivity index (χ3n) is 3.77. The zero-order valence-electron chi connectivity index (χ0n) is 11.3. The van der Waals surface area contributed by atoms with E-state index in [-0.39, 0.29) is 5.91 Å².